The van der Waals surface area contributed by atoms with Gasteiger partial charge in [-0.05, 0) is 28.6 Å². The molecule has 24 heavy (non-hydrogen) atoms. The molecule has 1 heterocycles. The van der Waals surface area contributed by atoms with Gasteiger partial charge >= 0.3 is 0 Å². The Hall–Kier alpha value is -3.26. The van der Waals surface area contributed by atoms with Crippen molar-refractivity contribution in [3.05, 3.63) is 78.9 Å². The van der Waals surface area contributed by atoms with Crippen LogP contribution < -0.4 is 5.73 Å². The number of nitrogens with two attached hydrogens (primary N) is 1. The predicted octanol–water partition coefficient (Wildman–Crippen LogP) is 5.99. The summed E-state index contributed by atoms with van der Waals surface area (Å²) >= 11 is 0. The van der Waals surface area contributed by atoms with E-state index in [0.717, 1.165) is 21.9 Å². The first-order valence-electron chi connectivity index (χ1n) is 8.01. The van der Waals surface area contributed by atoms with Gasteiger partial charge in [-0.15, -0.1) is 0 Å². The molecule has 2 N–H and O–H groups in total. The third-order valence-corrected chi connectivity index (χ3v) is 4.62. The standard InChI is InChI=1S/C22H15NO/c23-18-11-5-10-17-21-19(24-22(17)18)13-12-15-8-4-9-16(20(15)21)14-6-2-1-3-7-14/h1-13H,23H2. The summed E-state index contributed by atoms with van der Waals surface area (Å²) in [4.78, 5) is 0. The van der Waals surface area contributed by atoms with E-state index in [1.165, 1.54) is 21.9 Å². The second kappa shape index (κ2) is 4.87. The second-order valence-electron chi connectivity index (χ2n) is 6.03. The van der Waals surface area contributed by atoms with Crippen molar-refractivity contribution >= 4 is 38.4 Å². The molecule has 0 atom stereocenters. The van der Waals surface area contributed by atoms with Crippen molar-refractivity contribution in [3.63, 3.8) is 0 Å². The highest BCUT2D eigenvalue weighted by Crippen LogP contribution is 2.40. The molecule has 0 saturated carbocycles. The Labute approximate surface area is 139 Å². The highest BCUT2D eigenvalue weighted by molar-refractivity contribution is 6.23. The molecule has 2 heteroatoms. The van der Waals surface area contributed by atoms with Crippen LogP contribution in [0.15, 0.2) is 83.3 Å². The van der Waals surface area contributed by atoms with Crippen LogP contribution in [-0.2, 0) is 0 Å². The first-order chi connectivity index (χ1) is 11.8. The molecule has 0 saturated heterocycles. The van der Waals surface area contributed by atoms with E-state index in [1.807, 2.05) is 24.3 Å². The van der Waals surface area contributed by atoms with Crippen molar-refractivity contribution < 1.29 is 4.42 Å². The lowest BCUT2D eigenvalue weighted by molar-refractivity contribution is 0.670. The highest BCUT2D eigenvalue weighted by Gasteiger charge is 2.15. The molecule has 0 aliphatic heterocycles. The van der Waals surface area contributed by atoms with E-state index in [0.29, 0.717) is 5.69 Å². The maximum absolute atomic E-state index is 6.12. The number of furan rings is 1. The third-order valence-electron chi connectivity index (χ3n) is 4.62. The van der Waals surface area contributed by atoms with Crippen LogP contribution in [0.25, 0.3) is 43.8 Å². The minimum Gasteiger partial charge on any atom is -0.454 e. The molecular weight excluding hydrogens is 294 g/mol. The van der Waals surface area contributed by atoms with Gasteiger partial charge in [-0.2, -0.15) is 0 Å². The van der Waals surface area contributed by atoms with Crippen molar-refractivity contribution in [3.8, 4) is 11.1 Å². The fraction of sp³-hybridized carbons (Fsp3) is 0. The number of hydrogen-bond donors (Lipinski definition) is 1. The molecule has 114 valence electrons. The largest absolute Gasteiger partial charge is 0.454 e. The Bertz CT molecular complexity index is 1200. The summed E-state index contributed by atoms with van der Waals surface area (Å²) in [5.74, 6) is 0. The van der Waals surface area contributed by atoms with Crippen LogP contribution in [-0.4, -0.2) is 0 Å². The lowest BCUT2D eigenvalue weighted by atomic mass is 9.94. The summed E-state index contributed by atoms with van der Waals surface area (Å²) in [6.45, 7) is 0. The van der Waals surface area contributed by atoms with Gasteiger partial charge in [-0.3, -0.25) is 0 Å². The number of benzene rings is 4. The van der Waals surface area contributed by atoms with Crippen molar-refractivity contribution in [1.29, 1.82) is 0 Å². The van der Waals surface area contributed by atoms with Crippen LogP contribution in [0.5, 0.6) is 0 Å². The molecule has 0 radical (unpaired) electrons. The lowest BCUT2D eigenvalue weighted by Crippen LogP contribution is -1.84. The Morgan fingerprint density at radius 1 is 0.667 bits per heavy atom. The molecule has 5 aromatic rings. The van der Waals surface area contributed by atoms with E-state index in [2.05, 4.69) is 54.6 Å². The molecule has 0 spiro atoms. The van der Waals surface area contributed by atoms with Crippen molar-refractivity contribution in [2.24, 2.45) is 0 Å². The van der Waals surface area contributed by atoms with Crippen molar-refractivity contribution in [2.75, 3.05) is 5.73 Å². The fourth-order valence-corrected chi connectivity index (χ4v) is 3.55. The van der Waals surface area contributed by atoms with E-state index < -0.39 is 0 Å². The van der Waals surface area contributed by atoms with Gasteiger partial charge in [0.2, 0.25) is 0 Å². The predicted molar refractivity (Wildman–Crippen MR) is 101 cm³/mol. The van der Waals surface area contributed by atoms with Crippen LogP contribution in [0, 0.1) is 0 Å². The maximum atomic E-state index is 6.12. The number of nitrogen functional groups attached to an aromatic ring is 1. The number of para-hydroxylation sites is 1. The Morgan fingerprint density at radius 2 is 1.50 bits per heavy atom. The molecule has 0 fully saturated rings. The summed E-state index contributed by atoms with van der Waals surface area (Å²) in [6, 6.07) is 27.0. The first kappa shape index (κ1) is 13.2. The average Bonchev–Trinajstić information content (AvgIpc) is 3.02. The Kier molecular flexibility index (Phi) is 2.68. The minimum atomic E-state index is 0.675. The van der Waals surface area contributed by atoms with Crippen LogP contribution in [0.4, 0.5) is 5.69 Å². The Balaban J connectivity index is 2.04. The summed E-state index contributed by atoms with van der Waals surface area (Å²) in [5.41, 5.74) is 10.8. The maximum Gasteiger partial charge on any atom is 0.158 e. The van der Waals surface area contributed by atoms with Crippen LogP contribution >= 0.6 is 0 Å². The number of fused-ring (bicyclic) bond motifs is 5. The highest BCUT2D eigenvalue weighted by atomic mass is 16.3. The summed E-state index contributed by atoms with van der Waals surface area (Å²) in [5, 5.41) is 4.62. The normalized spacial score (nSPS) is 11.5. The van der Waals surface area contributed by atoms with Gasteiger partial charge in [0, 0.05) is 16.2 Å². The van der Waals surface area contributed by atoms with E-state index in [9.17, 15) is 0 Å². The molecule has 0 aliphatic rings. The summed E-state index contributed by atoms with van der Waals surface area (Å²) in [7, 11) is 0. The van der Waals surface area contributed by atoms with Gasteiger partial charge in [0.25, 0.3) is 0 Å². The molecule has 0 amide bonds. The van der Waals surface area contributed by atoms with Gasteiger partial charge in [0.1, 0.15) is 5.58 Å². The third kappa shape index (κ3) is 1.77. The van der Waals surface area contributed by atoms with Crippen LogP contribution in [0.2, 0.25) is 0 Å². The zero-order valence-electron chi connectivity index (χ0n) is 13.0. The topological polar surface area (TPSA) is 39.2 Å². The van der Waals surface area contributed by atoms with Crippen LogP contribution in [0.3, 0.4) is 0 Å². The number of anilines is 1. The second-order valence-corrected chi connectivity index (χ2v) is 6.03. The Morgan fingerprint density at radius 3 is 2.38 bits per heavy atom. The van der Waals surface area contributed by atoms with E-state index in [4.69, 9.17) is 10.2 Å². The van der Waals surface area contributed by atoms with Gasteiger partial charge in [0.15, 0.2) is 5.58 Å². The molecule has 5 rings (SSSR count). The molecule has 1 aromatic heterocycles. The van der Waals surface area contributed by atoms with E-state index in [-0.39, 0.29) is 0 Å². The molecule has 0 bridgehead atoms. The minimum absolute atomic E-state index is 0.675. The molecule has 2 nitrogen and oxygen atoms in total. The summed E-state index contributed by atoms with van der Waals surface area (Å²) in [6.07, 6.45) is 0. The average molecular weight is 309 g/mol. The smallest absolute Gasteiger partial charge is 0.158 e. The number of rotatable bonds is 1. The van der Waals surface area contributed by atoms with Crippen molar-refractivity contribution in [2.45, 2.75) is 0 Å². The van der Waals surface area contributed by atoms with E-state index >= 15 is 0 Å². The van der Waals surface area contributed by atoms with E-state index in [1.54, 1.807) is 0 Å². The quantitative estimate of drug-likeness (QED) is 0.386. The zero-order chi connectivity index (χ0) is 16.1. The van der Waals surface area contributed by atoms with Gasteiger partial charge < -0.3 is 10.2 Å². The van der Waals surface area contributed by atoms with Gasteiger partial charge in [0.05, 0.1) is 5.69 Å². The lowest BCUT2D eigenvalue weighted by Gasteiger charge is -2.08. The van der Waals surface area contributed by atoms with Gasteiger partial charge in [-0.25, -0.2) is 0 Å². The molecule has 0 aliphatic carbocycles. The molecular formula is C22H15NO. The summed E-state index contributed by atoms with van der Waals surface area (Å²) < 4.78 is 6.06. The molecule has 4 aromatic carbocycles. The van der Waals surface area contributed by atoms with Crippen molar-refractivity contribution in [1.82, 2.24) is 0 Å². The number of hydrogen-bond acceptors (Lipinski definition) is 2. The zero-order valence-corrected chi connectivity index (χ0v) is 13.0. The fourth-order valence-electron chi connectivity index (χ4n) is 3.55. The first-order valence-corrected chi connectivity index (χ1v) is 8.01. The SMILES string of the molecule is Nc1cccc2c1oc1ccc3cccc(-c4ccccc4)c3c12. The van der Waals surface area contributed by atoms with Crippen LogP contribution in [0.1, 0.15) is 0 Å². The molecule has 0 unspecified atom stereocenters. The van der Waals surface area contributed by atoms with Gasteiger partial charge in [-0.1, -0.05) is 66.7 Å². The monoisotopic (exact) mass is 309 g/mol.